The van der Waals surface area contributed by atoms with E-state index in [1.165, 1.54) is 15.6 Å². The Morgan fingerprint density at radius 3 is 2.59 bits per heavy atom. The van der Waals surface area contributed by atoms with Gasteiger partial charge in [0.15, 0.2) is 6.61 Å². The van der Waals surface area contributed by atoms with Crippen LogP contribution in [0.5, 0.6) is 5.75 Å². The molecular weight excluding hydrogens is 416 g/mol. The smallest absolute Gasteiger partial charge is 0.309 e. The number of thiophene rings is 1. The van der Waals surface area contributed by atoms with E-state index in [1.807, 2.05) is 0 Å². The highest BCUT2D eigenvalue weighted by Gasteiger charge is 2.33. The second-order valence-electron chi connectivity index (χ2n) is 6.62. The molecule has 0 bridgehead atoms. The number of carbonyl (C=O) groups is 2. The van der Waals surface area contributed by atoms with Crippen LogP contribution in [-0.4, -0.2) is 44.3 Å². The van der Waals surface area contributed by atoms with Crippen molar-refractivity contribution in [2.75, 3.05) is 19.7 Å². The first-order chi connectivity index (χ1) is 13.9. The van der Waals surface area contributed by atoms with E-state index in [0.717, 1.165) is 5.56 Å². The van der Waals surface area contributed by atoms with Crippen LogP contribution >= 0.6 is 11.3 Å². The molecule has 29 heavy (non-hydrogen) atoms. The number of nitrogens with zero attached hydrogens (tertiary/aromatic N) is 1. The number of benzene rings is 1. The number of carbonyl (C=O) groups excluding carboxylic acids is 2. The fraction of sp³-hybridized carbons (Fsp3) is 0.368. The summed E-state index contributed by atoms with van der Waals surface area (Å²) in [5.74, 6) is -0.792. The number of piperidine rings is 1. The fourth-order valence-corrected chi connectivity index (χ4v) is 5.64. The summed E-state index contributed by atoms with van der Waals surface area (Å²) in [5, 5.41) is 1.73. The molecule has 0 unspecified atom stereocenters. The van der Waals surface area contributed by atoms with Gasteiger partial charge in [0.1, 0.15) is 16.6 Å². The molecule has 0 radical (unpaired) electrons. The van der Waals surface area contributed by atoms with Gasteiger partial charge in [-0.3, -0.25) is 9.59 Å². The molecule has 1 aliphatic rings. The molecular formula is C19H22N2O6S2. The van der Waals surface area contributed by atoms with Crippen molar-refractivity contribution in [3.05, 3.63) is 47.3 Å². The predicted molar refractivity (Wildman–Crippen MR) is 107 cm³/mol. The molecule has 1 aromatic carbocycles. The van der Waals surface area contributed by atoms with Crippen molar-refractivity contribution < 1.29 is 27.5 Å². The summed E-state index contributed by atoms with van der Waals surface area (Å²) >= 11 is 1.19. The lowest BCUT2D eigenvalue weighted by molar-refractivity contribution is -0.151. The van der Waals surface area contributed by atoms with Gasteiger partial charge < -0.3 is 15.2 Å². The van der Waals surface area contributed by atoms with E-state index < -0.39 is 15.9 Å². The van der Waals surface area contributed by atoms with E-state index in [1.54, 1.807) is 41.8 Å². The number of rotatable bonds is 8. The minimum atomic E-state index is -3.49. The Bertz CT molecular complexity index is 951. The molecule has 0 atom stereocenters. The number of hydrogen-bond acceptors (Lipinski definition) is 7. The van der Waals surface area contributed by atoms with Crippen molar-refractivity contribution in [1.29, 1.82) is 0 Å². The maximum Gasteiger partial charge on any atom is 0.309 e. The van der Waals surface area contributed by atoms with Crippen LogP contribution in [0.15, 0.2) is 46.0 Å². The van der Waals surface area contributed by atoms with Gasteiger partial charge in [-0.25, -0.2) is 8.42 Å². The van der Waals surface area contributed by atoms with Crippen molar-refractivity contribution in [1.82, 2.24) is 4.31 Å². The Morgan fingerprint density at radius 1 is 1.17 bits per heavy atom. The van der Waals surface area contributed by atoms with E-state index in [0.29, 0.717) is 22.8 Å². The van der Waals surface area contributed by atoms with Gasteiger partial charge in [0, 0.05) is 13.1 Å². The second kappa shape index (κ2) is 9.38. The first-order valence-corrected chi connectivity index (χ1v) is 11.4. The SMILES string of the molecule is NC(=O)COc1cccc(COC(=O)C2CCN(S(=O)(=O)c3cccs3)CC2)c1. The second-order valence-corrected chi connectivity index (χ2v) is 9.73. The molecule has 156 valence electrons. The zero-order valence-electron chi connectivity index (χ0n) is 15.7. The molecule has 3 rings (SSSR count). The summed E-state index contributed by atoms with van der Waals surface area (Å²) in [6.45, 7) is 0.420. The minimum Gasteiger partial charge on any atom is -0.484 e. The normalized spacial score (nSPS) is 15.7. The van der Waals surface area contributed by atoms with Gasteiger partial charge in [0.05, 0.1) is 5.92 Å². The lowest BCUT2D eigenvalue weighted by atomic mass is 9.98. The van der Waals surface area contributed by atoms with E-state index in [2.05, 4.69) is 0 Å². The number of amides is 1. The predicted octanol–water partition coefficient (Wildman–Crippen LogP) is 1.76. The fourth-order valence-electron chi connectivity index (χ4n) is 3.02. The lowest BCUT2D eigenvalue weighted by Gasteiger charge is -2.29. The molecule has 2 heterocycles. The summed E-state index contributed by atoms with van der Waals surface area (Å²) < 4.78 is 37.4. The Kier molecular flexibility index (Phi) is 6.88. The quantitative estimate of drug-likeness (QED) is 0.628. The molecule has 2 aromatic rings. The summed E-state index contributed by atoms with van der Waals surface area (Å²) in [5.41, 5.74) is 5.77. The molecule has 2 N–H and O–H groups in total. The average Bonchev–Trinajstić information content (AvgIpc) is 3.27. The van der Waals surface area contributed by atoms with Crippen LogP contribution in [0.25, 0.3) is 0 Å². The third-order valence-corrected chi connectivity index (χ3v) is 7.81. The van der Waals surface area contributed by atoms with E-state index in [9.17, 15) is 18.0 Å². The van der Waals surface area contributed by atoms with Crippen LogP contribution in [-0.2, 0) is 31.0 Å². The van der Waals surface area contributed by atoms with Crippen molar-refractivity contribution in [3.8, 4) is 5.75 Å². The molecule has 1 amide bonds. The van der Waals surface area contributed by atoms with Gasteiger partial charge in [0.2, 0.25) is 0 Å². The van der Waals surface area contributed by atoms with Crippen molar-refractivity contribution in [3.63, 3.8) is 0 Å². The Hall–Kier alpha value is -2.43. The van der Waals surface area contributed by atoms with Gasteiger partial charge in [-0.1, -0.05) is 18.2 Å². The summed E-state index contributed by atoms with van der Waals surface area (Å²) in [6.07, 6.45) is 0.844. The number of sulfonamides is 1. The highest BCUT2D eigenvalue weighted by Crippen LogP contribution is 2.27. The summed E-state index contributed by atoms with van der Waals surface area (Å²) in [4.78, 5) is 23.2. The van der Waals surface area contributed by atoms with Crippen LogP contribution in [0, 0.1) is 5.92 Å². The van der Waals surface area contributed by atoms with E-state index in [-0.39, 0.29) is 38.2 Å². The molecule has 1 fully saturated rings. The Balaban J connectivity index is 1.49. The molecule has 1 saturated heterocycles. The number of nitrogens with two attached hydrogens (primary N) is 1. The maximum atomic E-state index is 12.5. The van der Waals surface area contributed by atoms with Gasteiger partial charge >= 0.3 is 5.97 Å². The highest BCUT2D eigenvalue weighted by atomic mass is 32.2. The standard InChI is InChI=1S/C19H22N2O6S2/c20-17(22)13-26-16-4-1-3-14(11-16)12-27-19(23)15-6-8-21(9-7-15)29(24,25)18-5-2-10-28-18/h1-5,10-11,15H,6-9,12-13H2,(H2,20,22). The van der Waals surface area contributed by atoms with Crippen molar-refractivity contribution >= 4 is 33.2 Å². The van der Waals surface area contributed by atoms with Gasteiger partial charge in [-0.2, -0.15) is 4.31 Å². The molecule has 1 aromatic heterocycles. The Morgan fingerprint density at radius 2 is 1.93 bits per heavy atom. The monoisotopic (exact) mass is 438 g/mol. The van der Waals surface area contributed by atoms with Crippen LogP contribution in [0.4, 0.5) is 0 Å². The van der Waals surface area contributed by atoms with Crippen molar-refractivity contribution in [2.45, 2.75) is 23.7 Å². The molecule has 0 aliphatic carbocycles. The number of ether oxygens (including phenoxy) is 2. The lowest BCUT2D eigenvalue weighted by Crippen LogP contribution is -2.40. The molecule has 8 nitrogen and oxygen atoms in total. The third kappa shape index (κ3) is 5.55. The number of primary amides is 1. The maximum absolute atomic E-state index is 12.5. The van der Waals surface area contributed by atoms with Crippen LogP contribution < -0.4 is 10.5 Å². The van der Waals surface area contributed by atoms with E-state index in [4.69, 9.17) is 15.2 Å². The largest absolute Gasteiger partial charge is 0.484 e. The van der Waals surface area contributed by atoms with E-state index >= 15 is 0 Å². The minimum absolute atomic E-state index is 0.0698. The van der Waals surface area contributed by atoms with Gasteiger partial charge in [-0.05, 0) is 42.0 Å². The van der Waals surface area contributed by atoms with Gasteiger partial charge in [0.25, 0.3) is 15.9 Å². The average molecular weight is 439 g/mol. The molecule has 0 saturated carbocycles. The molecule has 0 spiro atoms. The van der Waals surface area contributed by atoms with Crippen molar-refractivity contribution in [2.24, 2.45) is 11.7 Å². The summed E-state index contributed by atoms with van der Waals surface area (Å²) in [7, 11) is -3.49. The van der Waals surface area contributed by atoms with Crippen LogP contribution in [0.2, 0.25) is 0 Å². The summed E-state index contributed by atoms with van der Waals surface area (Å²) in [6, 6.07) is 10.1. The van der Waals surface area contributed by atoms with Gasteiger partial charge in [-0.15, -0.1) is 11.3 Å². The molecule has 10 heteroatoms. The number of esters is 1. The Labute approximate surface area is 173 Å². The first kappa shape index (κ1) is 21.3. The zero-order chi connectivity index (χ0) is 20.9. The zero-order valence-corrected chi connectivity index (χ0v) is 17.3. The topological polar surface area (TPSA) is 116 Å². The van der Waals surface area contributed by atoms with Crippen LogP contribution in [0.3, 0.4) is 0 Å². The van der Waals surface area contributed by atoms with Crippen LogP contribution in [0.1, 0.15) is 18.4 Å². The first-order valence-electron chi connectivity index (χ1n) is 9.06. The number of hydrogen-bond donors (Lipinski definition) is 1. The third-order valence-electron chi connectivity index (χ3n) is 4.54. The highest BCUT2D eigenvalue weighted by molar-refractivity contribution is 7.91. The molecule has 1 aliphatic heterocycles.